The van der Waals surface area contributed by atoms with E-state index in [-0.39, 0.29) is 17.7 Å². The van der Waals surface area contributed by atoms with E-state index in [1.807, 2.05) is 0 Å². The van der Waals surface area contributed by atoms with E-state index in [2.05, 4.69) is 5.32 Å². The number of Topliss-reactive ketones (excluding diaryl/α,β-unsaturated/α-hetero) is 1. The first-order valence-electron chi connectivity index (χ1n) is 4.51. The molecule has 0 aliphatic rings. The summed E-state index contributed by atoms with van der Waals surface area (Å²) in [7, 11) is 4.65. The van der Waals surface area contributed by atoms with Crippen LogP contribution in [0, 0.1) is 0 Å². The fraction of sp³-hybridized carbons (Fsp3) is 0.778. The smallest absolute Gasteiger partial charge is 0.262 e. The largest absolute Gasteiger partial charge is 0.309 e. The van der Waals surface area contributed by atoms with Gasteiger partial charge in [0, 0.05) is 13.5 Å². The molecule has 0 bridgehead atoms. The molecule has 0 saturated heterocycles. The Morgan fingerprint density at radius 1 is 1.50 bits per heavy atom. The number of amides is 1. The van der Waals surface area contributed by atoms with E-state index in [9.17, 15) is 9.59 Å². The van der Waals surface area contributed by atoms with Crippen LogP contribution in [-0.4, -0.2) is 44.0 Å². The molecule has 0 radical (unpaired) electrons. The number of hydroxylamine groups is 2. The standard InChI is InChI=1S/C9H18N2O3/c1-7(12)5-6-8(10-2)9(13)11(3)14-4/h8,10H,5-6H2,1-4H3/t8-/m0/s1. The lowest BCUT2D eigenvalue weighted by Gasteiger charge is -2.20. The van der Waals surface area contributed by atoms with E-state index >= 15 is 0 Å². The van der Waals surface area contributed by atoms with Crippen molar-refractivity contribution in [3.63, 3.8) is 0 Å². The van der Waals surface area contributed by atoms with Gasteiger partial charge in [0.25, 0.3) is 5.91 Å². The Bertz CT molecular complexity index is 206. The minimum Gasteiger partial charge on any atom is -0.309 e. The first-order chi connectivity index (χ1) is 6.52. The fourth-order valence-electron chi connectivity index (χ4n) is 1.05. The van der Waals surface area contributed by atoms with Crippen LogP contribution in [0.2, 0.25) is 0 Å². The summed E-state index contributed by atoms with van der Waals surface area (Å²) in [5.41, 5.74) is 0. The minimum atomic E-state index is -0.358. The van der Waals surface area contributed by atoms with Crippen molar-refractivity contribution < 1.29 is 14.4 Å². The van der Waals surface area contributed by atoms with Crippen molar-refractivity contribution in [2.45, 2.75) is 25.8 Å². The molecule has 0 unspecified atom stereocenters. The van der Waals surface area contributed by atoms with E-state index in [4.69, 9.17) is 4.84 Å². The third kappa shape index (κ3) is 4.34. The predicted molar refractivity (Wildman–Crippen MR) is 52.5 cm³/mol. The summed E-state index contributed by atoms with van der Waals surface area (Å²) in [6.45, 7) is 1.51. The first-order valence-corrected chi connectivity index (χ1v) is 4.51. The maximum atomic E-state index is 11.5. The highest BCUT2D eigenvalue weighted by Crippen LogP contribution is 2.01. The van der Waals surface area contributed by atoms with Crippen molar-refractivity contribution in [1.29, 1.82) is 0 Å². The summed E-state index contributed by atoms with van der Waals surface area (Å²) in [6, 6.07) is -0.358. The molecule has 82 valence electrons. The Morgan fingerprint density at radius 3 is 2.43 bits per heavy atom. The zero-order valence-electron chi connectivity index (χ0n) is 9.16. The number of nitrogens with zero attached hydrogens (tertiary/aromatic N) is 1. The van der Waals surface area contributed by atoms with Crippen LogP contribution < -0.4 is 5.32 Å². The predicted octanol–water partition coefficient (Wildman–Crippen LogP) is -0.0366. The third-order valence-electron chi connectivity index (χ3n) is 2.02. The average Bonchev–Trinajstić information content (AvgIpc) is 2.16. The van der Waals surface area contributed by atoms with Crippen molar-refractivity contribution in [2.24, 2.45) is 0 Å². The van der Waals surface area contributed by atoms with Gasteiger partial charge in [-0.3, -0.25) is 9.63 Å². The van der Waals surface area contributed by atoms with Gasteiger partial charge in [-0.1, -0.05) is 0 Å². The van der Waals surface area contributed by atoms with Crippen LogP contribution in [0.4, 0.5) is 0 Å². The second-order valence-corrected chi connectivity index (χ2v) is 3.10. The number of nitrogens with one attached hydrogen (secondary N) is 1. The van der Waals surface area contributed by atoms with Crippen molar-refractivity contribution >= 4 is 11.7 Å². The van der Waals surface area contributed by atoms with Crippen LogP contribution in [0.3, 0.4) is 0 Å². The van der Waals surface area contributed by atoms with Gasteiger partial charge in [0.1, 0.15) is 5.78 Å². The van der Waals surface area contributed by atoms with E-state index in [1.165, 1.54) is 14.0 Å². The number of rotatable bonds is 6. The van der Waals surface area contributed by atoms with E-state index in [0.29, 0.717) is 12.8 Å². The molecule has 0 aliphatic heterocycles. The van der Waals surface area contributed by atoms with Gasteiger partial charge < -0.3 is 10.1 Å². The topological polar surface area (TPSA) is 58.6 Å². The van der Waals surface area contributed by atoms with E-state index in [1.54, 1.807) is 14.1 Å². The first kappa shape index (κ1) is 13.1. The molecule has 0 aromatic carbocycles. The Hall–Kier alpha value is -0.940. The quantitative estimate of drug-likeness (QED) is 0.614. The molecule has 1 atom stereocenters. The maximum Gasteiger partial charge on any atom is 0.262 e. The number of ketones is 1. The lowest BCUT2D eigenvalue weighted by atomic mass is 10.1. The normalized spacial score (nSPS) is 12.3. The Morgan fingerprint density at radius 2 is 2.07 bits per heavy atom. The minimum absolute atomic E-state index is 0.0816. The van der Waals surface area contributed by atoms with Crippen LogP contribution in [0.1, 0.15) is 19.8 Å². The van der Waals surface area contributed by atoms with Gasteiger partial charge in [0.15, 0.2) is 0 Å². The molecule has 0 fully saturated rings. The molecule has 5 heteroatoms. The number of hydrogen-bond donors (Lipinski definition) is 1. The number of hydrogen-bond acceptors (Lipinski definition) is 4. The summed E-state index contributed by atoms with van der Waals surface area (Å²) >= 11 is 0. The number of likely N-dealkylation sites (N-methyl/N-ethyl adjacent to an activating group) is 2. The lowest BCUT2D eigenvalue weighted by molar-refractivity contribution is -0.171. The van der Waals surface area contributed by atoms with Crippen molar-refractivity contribution in [3.8, 4) is 0 Å². The summed E-state index contributed by atoms with van der Waals surface area (Å²) < 4.78 is 0. The molecule has 5 nitrogen and oxygen atoms in total. The molecule has 0 aromatic heterocycles. The highest BCUT2D eigenvalue weighted by molar-refractivity contribution is 5.82. The molecule has 0 aliphatic carbocycles. The third-order valence-corrected chi connectivity index (χ3v) is 2.02. The van der Waals surface area contributed by atoms with Gasteiger partial charge in [0.2, 0.25) is 0 Å². The van der Waals surface area contributed by atoms with Crippen LogP contribution in [0.25, 0.3) is 0 Å². The molecule has 0 rings (SSSR count). The molecular formula is C9H18N2O3. The van der Waals surface area contributed by atoms with Crippen LogP contribution >= 0.6 is 0 Å². The van der Waals surface area contributed by atoms with Crippen LogP contribution in [0.15, 0.2) is 0 Å². The van der Waals surface area contributed by atoms with Gasteiger partial charge in [-0.05, 0) is 20.4 Å². The average molecular weight is 202 g/mol. The van der Waals surface area contributed by atoms with Crippen molar-refractivity contribution in [3.05, 3.63) is 0 Å². The van der Waals surface area contributed by atoms with Gasteiger partial charge in [0.05, 0.1) is 13.2 Å². The zero-order chi connectivity index (χ0) is 11.1. The van der Waals surface area contributed by atoms with Crippen LogP contribution in [-0.2, 0) is 14.4 Å². The summed E-state index contributed by atoms with van der Waals surface area (Å²) in [5, 5.41) is 4.00. The Balaban J connectivity index is 4.12. The molecule has 14 heavy (non-hydrogen) atoms. The zero-order valence-corrected chi connectivity index (χ0v) is 9.16. The maximum absolute atomic E-state index is 11.5. The molecular weight excluding hydrogens is 184 g/mol. The summed E-state index contributed by atoms with van der Waals surface area (Å²) in [4.78, 5) is 27.0. The molecule has 0 heterocycles. The highest BCUT2D eigenvalue weighted by atomic mass is 16.7. The summed E-state index contributed by atoms with van der Waals surface area (Å²) in [6.07, 6.45) is 0.896. The Labute approximate surface area is 84.4 Å². The van der Waals surface area contributed by atoms with Crippen LogP contribution in [0.5, 0.6) is 0 Å². The van der Waals surface area contributed by atoms with E-state index < -0.39 is 0 Å². The van der Waals surface area contributed by atoms with Gasteiger partial charge in [-0.2, -0.15) is 0 Å². The Kier molecular flexibility index (Phi) is 6.07. The van der Waals surface area contributed by atoms with Crippen molar-refractivity contribution in [1.82, 2.24) is 10.4 Å². The number of carbonyl (C=O) groups is 2. The highest BCUT2D eigenvalue weighted by Gasteiger charge is 2.20. The fourth-order valence-corrected chi connectivity index (χ4v) is 1.05. The second-order valence-electron chi connectivity index (χ2n) is 3.10. The van der Waals surface area contributed by atoms with Gasteiger partial charge >= 0.3 is 0 Å². The van der Waals surface area contributed by atoms with Gasteiger partial charge in [-0.15, -0.1) is 0 Å². The number of carbonyl (C=O) groups excluding carboxylic acids is 2. The lowest BCUT2D eigenvalue weighted by Crippen LogP contribution is -2.43. The molecule has 1 N–H and O–H groups in total. The van der Waals surface area contributed by atoms with Crippen molar-refractivity contribution in [2.75, 3.05) is 21.2 Å². The molecule has 1 amide bonds. The molecule has 0 spiro atoms. The summed E-state index contributed by atoms with van der Waals surface area (Å²) in [5.74, 6) is -0.0885. The van der Waals surface area contributed by atoms with Gasteiger partial charge in [-0.25, -0.2) is 5.06 Å². The molecule has 0 saturated carbocycles. The second kappa shape index (κ2) is 6.50. The SMILES string of the molecule is CN[C@@H](CCC(C)=O)C(=O)N(C)OC. The van der Waals surface area contributed by atoms with E-state index in [0.717, 1.165) is 5.06 Å². The molecule has 0 aromatic rings. The monoisotopic (exact) mass is 202 g/mol.